The van der Waals surface area contributed by atoms with E-state index in [1.807, 2.05) is 12.1 Å². The van der Waals surface area contributed by atoms with Gasteiger partial charge in [-0.25, -0.2) is 4.39 Å². The van der Waals surface area contributed by atoms with Crippen LogP contribution in [0, 0.1) is 5.82 Å². The van der Waals surface area contributed by atoms with Crippen LogP contribution in [0.5, 0.6) is 5.75 Å². The van der Waals surface area contributed by atoms with Gasteiger partial charge in [0, 0.05) is 10.5 Å². The maximum atomic E-state index is 13.0. The second-order valence-corrected chi connectivity index (χ2v) is 5.94. The third-order valence-electron chi connectivity index (χ3n) is 3.46. The second kappa shape index (κ2) is 7.57. The number of benzene rings is 2. The molecule has 0 aliphatic carbocycles. The van der Waals surface area contributed by atoms with Gasteiger partial charge in [-0.3, -0.25) is 0 Å². The zero-order chi connectivity index (χ0) is 15.2. The van der Waals surface area contributed by atoms with Crippen LogP contribution in [0.3, 0.4) is 0 Å². The Bertz CT molecular complexity index is 586. The molecule has 0 aromatic heterocycles. The first kappa shape index (κ1) is 16.0. The van der Waals surface area contributed by atoms with Crippen LogP contribution in [-0.2, 0) is 12.8 Å². The van der Waals surface area contributed by atoms with Crippen molar-refractivity contribution in [1.82, 2.24) is 0 Å². The van der Waals surface area contributed by atoms with E-state index in [1.54, 1.807) is 13.2 Å². The number of hydrogen-bond donors (Lipinski definition) is 1. The summed E-state index contributed by atoms with van der Waals surface area (Å²) in [6, 6.07) is 12.8. The maximum absolute atomic E-state index is 13.0. The minimum absolute atomic E-state index is 0.0499. The number of aryl methyl sites for hydroxylation is 1. The van der Waals surface area contributed by atoms with E-state index in [9.17, 15) is 4.39 Å². The fraction of sp³-hybridized carbons (Fsp3) is 0.294. The lowest BCUT2D eigenvalue weighted by Gasteiger charge is -2.13. The molecular weight excluding hydrogens is 333 g/mol. The molecule has 0 spiro atoms. The van der Waals surface area contributed by atoms with Gasteiger partial charge in [0.2, 0.25) is 0 Å². The molecule has 0 saturated carbocycles. The predicted octanol–water partition coefficient (Wildman–Crippen LogP) is 4.10. The van der Waals surface area contributed by atoms with E-state index < -0.39 is 0 Å². The van der Waals surface area contributed by atoms with E-state index in [0.29, 0.717) is 0 Å². The lowest BCUT2D eigenvalue weighted by atomic mass is 10.00. The Labute approximate surface area is 133 Å². The minimum atomic E-state index is -0.238. The Balaban J connectivity index is 1.87. The Morgan fingerprint density at radius 2 is 1.90 bits per heavy atom. The first-order chi connectivity index (χ1) is 10.1. The van der Waals surface area contributed by atoms with Crippen molar-refractivity contribution in [3.63, 3.8) is 0 Å². The average molecular weight is 352 g/mol. The van der Waals surface area contributed by atoms with Crippen molar-refractivity contribution in [3.8, 4) is 5.75 Å². The zero-order valence-electron chi connectivity index (χ0n) is 12.0. The highest BCUT2D eigenvalue weighted by atomic mass is 79.9. The number of ether oxygens (including phenoxy) is 1. The molecule has 1 atom stereocenters. The molecule has 4 heteroatoms. The van der Waals surface area contributed by atoms with Gasteiger partial charge in [0.05, 0.1) is 7.11 Å². The van der Waals surface area contributed by atoms with Crippen molar-refractivity contribution in [3.05, 3.63) is 63.9 Å². The Morgan fingerprint density at radius 3 is 2.52 bits per heavy atom. The molecule has 2 rings (SSSR count). The number of hydrogen-bond acceptors (Lipinski definition) is 2. The molecule has 2 aromatic rings. The molecule has 2 N–H and O–H groups in total. The smallest absolute Gasteiger partial charge is 0.124 e. The van der Waals surface area contributed by atoms with Crippen molar-refractivity contribution in [1.29, 1.82) is 0 Å². The summed E-state index contributed by atoms with van der Waals surface area (Å²) in [7, 11) is 1.66. The molecule has 21 heavy (non-hydrogen) atoms. The fourth-order valence-electron chi connectivity index (χ4n) is 2.22. The second-order valence-electron chi connectivity index (χ2n) is 5.09. The molecule has 0 bridgehead atoms. The van der Waals surface area contributed by atoms with Crippen molar-refractivity contribution in [2.75, 3.05) is 7.11 Å². The lowest BCUT2D eigenvalue weighted by molar-refractivity contribution is 0.414. The normalized spacial score (nSPS) is 12.2. The van der Waals surface area contributed by atoms with Gasteiger partial charge < -0.3 is 10.5 Å². The molecule has 0 aliphatic heterocycles. The number of rotatable bonds is 6. The summed E-state index contributed by atoms with van der Waals surface area (Å²) in [6.45, 7) is 0. The van der Waals surface area contributed by atoms with Crippen LogP contribution in [-0.4, -0.2) is 13.2 Å². The van der Waals surface area contributed by atoms with Gasteiger partial charge in [-0.1, -0.05) is 34.1 Å². The molecule has 112 valence electrons. The molecule has 0 aliphatic rings. The third-order valence-corrected chi connectivity index (χ3v) is 4.20. The van der Waals surface area contributed by atoms with Crippen LogP contribution in [0.15, 0.2) is 46.9 Å². The number of halogens is 2. The van der Waals surface area contributed by atoms with Gasteiger partial charge in [-0.2, -0.15) is 0 Å². The van der Waals surface area contributed by atoms with Gasteiger partial charge in [-0.05, 0) is 54.7 Å². The number of nitrogens with two attached hydrogens (primary N) is 1. The summed E-state index contributed by atoms with van der Waals surface area (Å²) in [6.07, 6.45) is 2.54. The van der Waals surface area contributed by atoms with Crippen molar-refractivity contribution in [2.45, 2.75) is 25.3 Å². The van der Waals surface area contributed by atoms with Crippen molar-refractivity contribution in [2.24, 2.45) is 5.73 Å². The summed E-state index contributed by atoms with van der Waals surface area (Å²) in [4.78, 5) is 0. The molecule has 0 fully saturated rings. The van der Waals surface area contributed by atoms with Crippen LogP contribution < -0.4 is 10.5 Å². The summed E-state index contributed by atoms with van der Waals surface area (Å²) >= 11 is 3.38. The van der Waals surface area contributed by atoms with Crippen LogP contribution in [0.25, 0.3) is 0 Å². The van der Waals surface area contributed by atoms with Crippen LogP contribution in [0.1, 0.15) is 17.5 Å². The lowest BCUT2D eigenvalue weighted by Crippen LogP contribution is -2.23. The highest BCUT2D eigenvalue weighted by Gasteiger charge is 2.08. The molecule has 2 nitrogen and oxygen atoms in total. The van der Waals surface area contributed by atoms with Gasteiger partial charge in [0.15, 0.2) is 0 Å². The van der Waals surface area contributed by atoms with Crippen molar-refractivity contribution < 1.29 is 9.13 Å². The van der Waals surface area contributed by atoms with E-state index in [4.69, 9.17) is 10.5 Å². The SMILES string of the molecule is COc1ccc(CCC(N)Cc2ccc(F)cc2Br)cc1. The predicted molar refractivity (Wildman–Crippen MR) is 87.1 cm³/mol. The van der Waals surface area contributed by atoms with Crippen molar-refractivity contribution >= 4 is 15.9 Å². The molecule has 0 amide bonds. The Morgan fingerprint density at radius 1 is 1.19 bits per heavy atom. The average Bonchev–Trinajstić information content (AvgIpc) is 2.48. The van der Waals surface area contributed by atoms with E-state index >= 15 is 0 Å². The summed E-state index contributed by atoms with van der Waals surface area (Å²) in [5.41, 5.74) is 8.46. The minimum Gasteiger partial charge on any atom is -0.497 e. The fourth-order valence-corrected chi connectivity index (χ4v) is 2.73. The molecular formula is C17H19BrFNO. The van der Waals surface area contributed by atoms with E-state index in [0.717, 1.165) is 35.0 Å². The first-order valence-corrected chi connectivity index (χ1v) is 7.70. The van der Waals surface area contributed by atoms with E-state index in [-0.39, 0.29) is 11.9 Å². The van der Waals surface area contributed by atoms with Crippen LogP contribution in [0.2, 0.25) is 0 Å². The molecule has 0 saturated heterocycles. The van der Waals surface area contributed by atoms with Gasteiger partial charge >= 0.3 is 0 Å². The topological polar surface area (TPSA) is 35.2 Å². The maximum Gasteiger partial charge on any atom is 0.124 e. The summed E-state index contributed by atoms with van der Waals surface area (Å²) < 4.78 is 19.0. The Kier molecular flexibility index (Phi) is 5.76. The molecule has 0 radical (unpaired) electrons. The van der Waals surface area contributed by atoms with Crippen LogP contribution >= 0.6 is 15.9 Å². The van der Waals surface area contributed by atoms with Gasteiger partial charge in [-0.15, -0.1) is 0 Å². The van der Waals surface area contributed by atoms with E-state index in [1.165, 1.54) is 17.7 Å². The zero-order valence-corrected chi connectivity index (χ0v) is 13.6. The monoisotopic (exact) mass is 351 g/mol. The van der Waals surface area contributed by atoms with Gasteiger partial charge in [0.25, 0.3) is 0 Å². The first-order valence-electron chi connectivity index (χ1n) is 6.91. The summed E-state index contributed by atoms with van der Waals surface area (Å²) in [5.74, 6) is 0.621. The van der Waals surface area contributed by atoms with Gasteiger partial charge in [0.1, 0.15) is 11.6 Å². The molecule has 2 aromatic carbocycles. The number of methoxy groups -OCH3 is 1. The van der Waals surface area contributed by atoms with E-state index in [2.05, 4.69) is 28.1 Å². The highest BCUT2D eigenvalue weighted by molar-refractivity contribution is 9.10. The molecule has 0 heterocycles. The summed E-state index contributed by atoms with van der Waals surface area (Å²) in [5, 5.41) is 0. The molecule has 1 unspecified atom stereocenters. The van der Waals surface area contributed by atoms with Crippen LogP contribution in [0.4, 0.5) is 4.39 Å². The third kappa shape index (κ3) is 4.83. The standard InChI is InChI=1S/C17H19BrFNO/c1-21-16-8-3-12(4-9-16)2-7-15(20)10-13-5-6-14(19)11-17(13)18/h3-6,8-9,11,15H,2,7,10,20H2,1H3. The Hall–Kier alpha value is -1.39. The quantitative estimate of drug-likeness (QED) is 0.850. The largest absolute Gasteiger partial charge is 0.497 e. The highest BCUT2D eigenvalue weighted by Crippen LogP contribution is 2.20.